The van der Waals surface area contributed by atoms with Gasteiger partial charge in [0, 0.05) is 0 Å². The molecule has 0 aliphatic heterocycles. The second kappa shape index (κ2) is 5.28. The average Bonchev–Trinajstić information content (AvgIpc) is 2.15. The Hall–Kier alpha value is -0.400. The van der Waals surface area contributed by atoms with Gasteiger partial charge in [-0.2, -0.15) is 4.91 Å². The maximum absolute atomic E-state index is 10.5. The topological polar surface area (TPSA) is 29.4 Å². The van der Waals surface area contributed by atoms with E-state index in [4.69, 9.17) is 0 Å². The minimum atomic E-state index is 0.144. The van der Waals surface area contributed by atoms with Crippen molar-refractivity contribution in [3.05, 3.63) is 4.91 Å². The Kier molecular flexibility index (Phi) is 4.26. The standard InChI is InChI=1S/C10H19NO/c1-2-3-6-9-7-4-5-8-10(9)11-12/h9-10H,2-8H2,1H3. The summed E-state index contributed by atoms with van der Waals surface area (Å²) in [5.74, 6) is 0.608. The van der Waals surface area contributed by atoms with Crippen LogP contribution in [0, 0.1) is 10.8 Å². The molecule has 0 aromatic carbocycles. The summed E-state index contributed by atoms with van der Waals surface area (Å²) in [5.41, 5.74) is 0. The summed E-state index contributed by atoms with van der Waals surface area (Å²) in [6, 6.07) is 0.144. The summed E-state index contributed by atoms with van der Waals surface area (Å²) >= 11 is 0. The van der Waals surface area contributed by atoms with E-state index in [-0.39, 0.29) is 6.04 Å². The van der Waals surface area contributed by atoms with E-state index in [0.717, 1.165) is 6.42 Å². The summed E-state index contributed by atoms with van der Waals surface area (Å²) < 4.78 is 0. The van der Waals surface area contributed by atoms with Crippen molar-refractivity contribution < 1.29 is 0 Å². The fourth-order valence-electron chi connectivity index (χ4n) is 2.13. The van der Waals surface area contributed by atoms with E-state index >= 15 is 0 Å². The van der Waals surface area contributed by atoms with Crippen LogP contribution >= 0.6 is 0 Å². The zero-order chi connectivity index (χ0) is 8.81. The molecule has 12 heavy (non-hydrogen) atoms. The van der Waals surface area contributed by atoms with Crippen molar-refractivity contribution in [2.45, 2.75) is 57.9 Å². The van der Waals surface area contributed by atoms with Crippen LogP contribution in [0.3, 0.4) is 0 Å². The van der Waals surface area contributed by atoms with Gasteiger partial charge in [-0.05, 0) is 25.2 Å². The van der Waals surface area contributed by atoms with Gasteiger partial charge in [-0.15, -0.1) is 0 Å². The molecule has 1 rings (SSSR count). The molecule has 0 aromatic heterocycles. The molecule has 0 amide bonds. The Balaban J connectivity index is 2.31. The van der Waals surface area contributed by atoms with Crippen LogP contribution in [0.2, 0.25) is 0 Å². The number of nitroso groups, excluding NO2 is 1. The number of hydrogen-bond acceptors (Lipinski definition) is 2. The van der Waals surface area contributed by atoms with Crippen molar-refractivity contribution in [3.8, 4) is 0 Å². The molecule has 0 N–H and O–H groups in total. The first-order valence-corrected chi connectivity index (χ1v) is 5.21. The van der Waals surface area contributed by atoms with Crippen LogP contribution in [0.5, 0.6) is 0 Å². The molecule has 2 unspecified atom stereocenters. The first-order chi connectivity index (χ1) is 5.88. The fourth-order valence-corrected chi connectivity index (χ4v) is 2.13. The zero-order valence-corrected chi connectivity index (χ0v) is 7.96. The van der Waals surface area contributed by atoms with Gasteiger partial charge in [-0.25, -0.2) is 0 Å². The molecule has 0 bridgehead atoms. The maximum atomic E-state index is 10.5. The number of unbranched alkanes of at least 4 members (excludes halogenated alkanes) is 1. The second-order valence-corrected chi connectivity index (χ2v) is 3.86. The number of nitrogens with zero attached hydrogens (tertiary/aromatic N) is 1. The minimum Gasteiger partial charge on any atom is -0.151 e. The summed E-state index contributed by atoms with van der Waals surface area (Å²) in [7, 11) is 0. The second-order valence-electron chi connectivity index (χ2n) is 3.86. The van der Waals surface area contributed by atoms with Crippen LogP contribution in [0.25, 0.3) is 0 Å². The Bertz CT molecular complexity index is 136. The average molecular weight is 169 g/mol. The molecule has 0 radical (unpaired) electrons. The summed E-state index contributed by atoms with van der Waals surface area (Å²) in [4.78, 5) is 10.5. The molecular formula is C10H19NO. The number of hydrogen-bond donors (Lipinski definition) is 0. The fraction of sp³-hybridized carbons (Fsp3) is 1.00. The third-order valence-corrected chi connectivity index (χ3v) is 2.93. The van der Waals surface area contributed by atoms with E-state index in [1.807, 2.05) is 0 Å². The maximum Gasteiger partial charge on any atom is 0.0947 e. The summed E-state index contributed by atoms with van der Waals surface area (Å²) in [6.07, 6.45) is 8.50. The van der Waals surface area contributed by atoms with Gasteiger partial charge in [-0.3, -0.25) is 0 Å². The van der Waals surface area contributed by atoms with Crippen LogP contribution in [-0.4, -0.2) is 6.04 Å². The van der Waals surface area contributed by atoms with Gasteiger partial charge in [0.25, 0.3) is 0 Å². The highest BCUT2D eigenvalue weighted by atomic mass is 16.3. The quantitative estimate of drug-likeness (QED) is 0.592. The van der Waals surface area contributed by atoms with Crippen LogP contribution in [0.1, 0.15) is 51.9 Å². The molecular weight excluding hydrogens is 150 g/mol. The third kappa shape index (κ3) is 2.58. The Morgan fingerprint density at radius 3 is 2.75 bits per heavy atom. The van der Waals surface area contributed by atoms with Crippen LogP contribution < -0.4 is 0 Å². The lowest BCUT2D eigenvalue weighted by atomic mass is 9.82. The van der Waals surface area contributed by atoms with Crippen molar-refractivity contribution in [3.63, 3.8) is 0 Å². The van der Waals surface area contributed by atoms with Crippen molar-refractivity contribution in [1.82, 2.24) is 0 Å². The molecule has 1 saturated carbocycles. The van der Waals surface area contributed by atoms with Gasteiger partial charge >= 0.3 is 0 Å². The highest BCUT2D eigenvalue weighted by molar-refractivity contribution is 4.80. The highest BCUT2D eigenvalue weighted by Gasteiger charge is 2.24. The van der Waals surface area contributed by atoms with E-state index in [1.54, 1.807) is 0 Å². The minimum absolute atomic E-state index is 0.144. The van der Waals surface area contributed by atoms with Gasteiger partial charge in [0.2, 0.25) is 0 Å². The molecule has 2 nitrogen and oxygen atoms in total. The van der Waals surface area contributed by atoms with E-state index in [1.165, 1.54) is 38.5 Å². The van der Waals surface area contributed by atoms with E-state index in [9.17, 15) is 4.91 Å². The molecule has 1 fully saturated rings. The molecule has 0 saturated heterocycles. The van der Waals surface area contributed by atoms with Crippen molar-refractivity contribution in [2.24, 2.45) is 11.1 Å². The largest absolute Gasteiger partial charge is 0.151 e. The van der Waals surface area contributed by atoms with Crippen molar-refractivity contribution in [2.75, 3.05) is 0 Å². The smallest absolute Gasteiger partial charge is 0.0947 e. The molecule has 2 atom stereocenters. The number of rotatable bonds is 4. The summed E-state index contributed by atoms with van der Waals surface area (Å²) in [5, 5.41) is 3.23. The van der Waals surface area contributed by atoms with Gasteiger partial charge in [0.15, 0.2) is 0 Å². The highest BCUT2D eigenvalue weighted by Crippen LogP contribution is 2.30. The molecule has 1 aliphatic carbocycles. The lowest BCUT2D eigenvalue weighted by Gasteiger charge is -2.26. The van der Waals surface area contributed by atoms with E-state index in [2.05, 4.69) is 12.1 Å². The Labute approximate surface area is 74.7 Å². The van der Waals surface area contributed by atoms with Crippen molar-refractivity contribution >= 4 is 0 Å². The molecule has 0 aromatic rings. The van der Waals surface area contributed by atoms with Crippen molar-refractivity contribution in [1.29, 1.82) is 0 Å². The molecule has 0 spiro atoms. The first kappa shape index (κ1) is 9.69. The molecule has 70 valence electrons. The predicted molar refractivity (Wildman–Crippen MR) is 51.1 cm³/mol. The normalized spacial score (nSPS) is 30.1. The van der Waals surface area contributed by atoms with E-state index in [0.29, 0.717) is 5.92 Å². The van der Waals surface area contributed by atoms with Gasteiger partial charge in [0.05, 0.1) is 6.04 Å². The lowest BCUT2D eigenvalue weighted by molar-refractivity contribution is 0.286. The molecule has 1 aliphatic rings. The zero-order valence-electron chi connectivity index (χ0n) is 7.96. The predicted octanol–water partition coefficient (Wildman–Crippen LogP) is 3.50. The van der Waals surface area contributed by atoms with Gasteiger partial charge in [0.1, 0.15) is 0 Å². The SMILES string of the molecule is CCCCC1CCCCC1N=O. The first-order valence-electron chi connectivity index (χ1n) is 5.21. The van der Waals surface area contributed by atoms with E-state index < -0.39 is 0 Å². The molecule has 2 heteroatoms. The van der Waals surface area contributed by atoms with Gasteiger partial charge < -0.3 is 0 Å². The summed E-state index contributed by atoms with van der Waals surface area (Å²) in [6.45, 7) is 2.20. The monoisotopic (exact) mass is 169 g/mol. The lowest BCUT2D eigenvalue weighted by Crippen LogP contribution is -2.22. The van der Waals surface area contributed by atoms with Gasteiger partial charge in [-0.1, -0.05) is 37.8 Å². The third-order valence-electron chi connectivity index (χ3n) is 2.93. The Morgan fingerprint density at radius 1 is 1.33 bits per heavy atom. The van der Waals surface area contributed by atoms with Crippen LogP contribution in [0.15, 0.2) is 5.18 Å². The molecule has 0 heterocycles. The van der Waals surface area contributed by atoms with Crippen LogP contribution in [-0.2, 0) is 0 Å². The van der Waals surface area contributed by atoms with Crippen LogP contribution in [0.4, 0.5) is 0 Å². The Morgan fingerprint density at radius 2 is 2.08 bits per heavy atom.